The number of carbonyl (C=O) groups is 1. The molecule has 1 saturated carbocycles. The first-order chi connectivity index (χ1) is 8.00. The summed E-state index contributed by atoms with van der Waals surface area (Å²) < 4.78 is 5.95. The average Bonchev–Trinajstić information content (AvgIpc) is 2.62. The van der Waals surface area contributed by atoms with Gasteiger partial charge in [0.1, 0.15) is 6.10 Å². The number of hydrogen-bond acceptors (Lipinski definition) is 3. The molecule has 3 heteroatoms. The number of rotatable bonds is 1. The van der Waals surface area contributed by atoms with Crippen molar-refractivity contribution in [2.75, 3.05) is 6.61 Å². The Bertz CT molecular complexity index is 396. The molecule has 1 heterocycles. The van der Waals surface area contributed by atoms with Crippen LogP contribution in [0, 0.1) is 10.8 Å². The van der Waals surface area contributed by atoms with Crippen molar-refractivity contribution >= 4 is 5.78 Å². The van der Waals surface area contributed by atoms with Gasteiger partial charge < -0.3 is 9.84 Å². The third-order valence-electron chi connectivity index (χ3n) is 5.31. The summed E-state index contributed by atoms with van der Waals surface area (Å²) in [6.45, 7) is 4.58. The van der Waals surface area contributed by atoms with Crippen LogP contribution in [0.3, 0.4) is 0 Å². The van der Waals surface area contributed by atoms with Gasteiger partial charge in [0.25, 0.3) is 0 Å². The summed E-state index contributed by atoms with van der Waals surface area (Å²) in [5, 5.41) is 9.31. The topological polar surface area (TPSA) is 46.5 Å². The average molecular weight is 236 g/mol. The zero-order chi connectivity index (χ0) is 12.3. The molecule has 0 unspecified atom stereocenters. The van der Waals surface area contributed by atoms with Gasteiger partial charge in [-0.3, -0.25) is 4.79 Å². The molecule has 0 radical (unpaired) electrons. The standard InChI is InChI=1S/C14H20O3/c1-13(2)5-4-10(16)12-14(13)6-3-9(8-15)11(7-14)17-12/h3,11-12,15H,4-8H2,1-2H3/t11-,12+,14+/m1/s1. The second kappa shape index (κ2) is 3.42. The van der Waals surface area contributed by atoms with E-state index in [0.717, 1.165) is 24.8 Å². The van der Waals surface area contributed by atoms with Gasteiger partial charge in [-0.2, -0.15) is 0 Å². The summed E-state index contributed by atoms with van der Waals surface area (Å²) in [6, 6.07) is 0. The van der Waals surface area contributed by atoms with E-state index in [4.69, 9.17) is 4.74 Å². The van der Waals surface area contributed by atoms with Crippen LogP contribution in [-0.2, 0) is 9.53 Å². The molecule has 94 valence electrons. The molecule has 3 rings (SSSR count). The highest BCUT2D eigenvalue weighted by Crippen LogP contribution is 2.61. The number of Topliss-reactive ketones (excluding diaryl/α,β-unsaturated/α-hetero) is 1. The molecule has 3 nitrogen and oxygen atoms in total. The first kappa shape index (κ1) is 11.4. The minimum Gasteiger partial charge on any atom is -0.392 e. The predicted octanol–water partition coefficient (Wildman–Crippen LogP) is 1.84. The van der Waals surface area contributed by atoms with Gasteiger partial charge in [-0.05, 0) is 30.3 Å². The molecule has 17 heavy (non-hydrogen) atoms. The van der Waals surface area contributed by atoms with Crippen molar-refractivity contribution in [1.82, 2.24) is 0 Å². The summed E-state index contributed by atoms with van der Waals surface area (Å²) in [7, 11) is 0. The maximum atomic E-state index is 12.1. The van der Waals surface area contributed by atoms with E-state index >= 15 is 0 Å². The van der Waals surface area contributed by atoms with Crippen molar-refractivity contribution in [3.8, 4) is 0 Å². The summed E-state index contributed by atoms with van der Waals surface area (Å²) in [5.74, 6) is 0.263. The van der Waals surface area contributed by atoms with Gasteiger partial charge >= 0.3 is 0 Å². The van der Waals surface area contributed by atoms with E-state index in [1.165, 1.54) is 0 Å². The van der Waals surface area contributed by atoms with Gasteiger partial charge in [-0.1, -0.05) is 19.9 Å². The lowest BCUT2D eigenvalue weighted by atomic mass is 9.52. The number of hydrogen-bond donors (Lipinski definition) is 1. The Hall–Kier alpha value is -0.670. The van der Waals surface area contributed by atoms with E-state index in [-0.39, 0.29) is 35.4 Å². The van der Waals surface area contributed by atoms with Crippen LogP contribution >= 0.6 is 0 Å². The fourth-order valence-corrected chi connectivity index (χ4v) is 3.91. The van der Waals surface area contributed by atoms with Crippen LogP contribution in [0.15, 0.2) is 11.6 Å². The molecule has 0 aromatic rings. The molecule has 2 bridgehead atoms. The van der Waals surface area contributed by atoms with Crippen LogP contribution < -0.4 is 0 Å². The summed E-state index contributed by atoms with van der Waals surface area (Å²) in [5.41, 5.74) is 1.09. The molecule has 1 aliphatic heterocycles. The SMILES string of the molecule is CC1(C)CCC(=O)[C@@H]2O[C@@H]3C[C@@]21CC=C3CO. The van der Waals surface area contributed by atoms with Crippen LogP contribution in [0.2, 0.25) is 0 Å². The Labute approximate surface area is 102 Å². The van der Waals surface area contributed by atoms with Crippen molar-refractivity contribution in [3.05, 3.63) is 11.6 Å². The summed E-state index contributed by atoms with van der Waals surface area (Å²) in [6.07, 6.45) is 5.22. The predicted molar refractivity (Wildman–Crippen MR) is 63.5 cm³/mol. The fourth-order valence-electron chi connectivity index (χ4n) is 3.91. The molecule has 1 N–H and O–H groups in total. The molecule has 0 aromatic heterocycles. The number of carbonyl (C=O) groups excluding carboxylic acids is 1. The minimum atomic E-state index is -0.239. The number of fused-ring (bicyclic) bond motifs is 1. The molecule has 2 aliphatic carbocycles. The Morgan fingerprint density at radius 1 is 1.53 bits per heavy atom. The maximum absolute atomic E-state index is 12.1. The summed E-state index contributed by atoms with van der Waals surface area (Å²) in [4.78, 5) is 12.1. The van der Waals surface area contributed by atoms with Crippen molar-refractivity contribution in [1.29, 1.82) is 0 Å². The van der Waals surface area contributed by atoms with Gasteiger partial charge in [0.15, 0.2) is 5.78 Å². The molecule has 3 aliphatic rings. The number of ketones is 1. The van der Waals surface area contributed by atoms with Gasteiger partial charge in [0.05, 0.1) is 12.7 Å². The van der Waals surface area contributed by atoms with Gasteiger partial charge in [-0.25, -0.2) is 0 Å². The molecule has 1 saturated heterocycles. The van der Waals surface area contributed by atoms with Crippen molar-refractivity contribution in [2.24, 2.45) is 10.8 Å². The monoisotopic (exact) mass is 236 g/mol. The lowest BCUT2D eigenvalue weighted by Crippen LogP contribution is -2.51. The highest BCUT2D eigenvalue weighted by atomic mass is 16.5. The van der Waals surface area contributed by atoms with E-state index < -0.39 is 0 Å². The third kappa shape index (κ3) is 1.33. The molecule has 1 spiro atoms. The van der Waals surface area contributed by atoms with Crippen molar-refractivity contribution in [3.63, 3.8) is 0 Å². The second-order valence-electron chi connectivity index (χ2n) is 6.36. The van der Waals surface area contributed by atoms with Crippen LogP contribution in [0.4, 0.5) is 0 Å². The number of aliphatic hydroxyl groups is 1. The van der Waals surface area contributed by atoms with Gasteiger partial charge in [0, 0.05) is 11.8 Å². The smallest absolute Gasteiger partial charge is 0.162 e. The Morgan fingerprint density at radius 2 is 2.29 bits per heavy atom. The lowest BCUT2D eigenvalue weighted by Gasteiger charge is -2.50. The summed E-state index contributed by atoms with van der Waals surface area (Å²) >= 11 is 0. The van der Waals surface area contributed by atoms with Crippen molar-refractivity contribution in [2.45, 2.75) is 51.7 Å². The Morgan fingerprint density at radius 3 is 3.00 bits per heavy atom. The molecule has 0 aromatic carbocycles. The first-order valence-corrected chi connectivity index (χ1v) is 6.48. The normalized spacial score (nSPS) is 43.2. The van der Waals surface area contributed by atoms with Crippen LogP contribution in [0.25, 0.3) is 0 Å². The van der Waals surface area contributed by atoms with Crippen LogP contribution in [0.1, 0.15) is 39.5 Å². The number of ether oxygens (including phenoxy) is 1. The fraction of sp³-hybridized carbons (Fsp3) is 0.786. The van der Waals surface area contributed by atoms with Crippen LogP contribution in [0.5, 0.6) is 0 Å². The van der Waals surface area contributed by atoms with E-state index in [9.17, 15) is 9.90 Å². The van der Waals surface area contributed by atoms with Gasteiger partial charge in [0.2, 0.25) is 0 Å². The zero-order valence-electron chi connectivity index (χ0n) is 10.5. The quantitative estimate of drug-likeness (QED) is 0.707. The van der Waals surface area contributed by atoms with Gasteiger partial charge in [-0.15, -0.1) is 0 Å². The van der Waals surface area contributed by atoms with Crippen LogP contribution in [-0.4, -0.2) is 29.7 Å². The Balaban J connectivity index is 2.04. The second-order valence-corrected chi connectivity index (χ2v) is 6.36. The zero-order valence-corrected chi connectivity index (χ0v) is 10.5. The van der Waals surface area contributed by atoms with E-state index in [1.54, 1.807) is 0 Å². The number of allylic oxidation sites excluding steroid dienone is 1. The molecule has 2 fully saturated rings. The minimum absolute atomic E-state index is 0.0222. The maximum Gasteiger partial charge on any atom is 0.162 e. The third-order valence-corrected chi connectivity index (χ3v) is 5.31. The lowest BCUT2D eigenvalue weighted by molar-refractivity contribution is -0.146. The first-order valence-electron chi connectivity index (χ1n) is 6.48. The largest absolute Gasteiger partial charge is 0.392 e. The Kier molecular flexibility index (Phi) is 2.30. The molecular formula is C14H20O3. The van der Waals surface area contributed by atoms with E-state index in [2.05, 4.69) is 19.9 Å². The molecule has 0 amide bonds. The highest BCUT2D eigenvalue weighted by Gasteiger charge is 2.62. The molecule has 3 atom stereocenters. The van der Waals surface area contributed by atoms with E-state index in [0.29, 0.717) is 6.42 Å². The van der Waals surface area contributed by atoms with E-state index in [1.807, 2.05) is 0 Å². The van der Waals surface area contributed by atoms with Crippen molar-refractivity contribution < 1.29 is 14.6 Å². The highest BCUT2D eigenvalue weighted by molar-refractivity contribution is 5.86. The molecular weight excluding hydrogens is 216 g/mol. The number of aliphatic hydroxyl groups excluding tert-OH is 1.